The molecule has 1 heterocycles. The van der Waals surface area contributed by atoms with E-state index in [1.54, 1.807) is 26.4 Å². The maximum absolute atomic E-state index is 13.6. The van der Waals surface area contributed by atoms with Crippen LogP contribution < -0.4 is 15.2 Å². The van der Waals surface area contributed by atoms with Gasteiger partial charge in [-0.15, -0.1) is 0 Å². The Morgan fingerprint density at radius 2 is 1.56 bits per heavy atom. The van der Waals surface area contributed by atoms with Gasteiger partial charge in [0.15, 0.2) is 11.5 Å². The summed E-state index contributed by atoms with van der Waals surface area (Å²) in [6.45, 7) is 2.26. The predicted molar refractivity (Wildman–Crippen MR) is 227 cm³/mol. The van der Waals surface area contributed by atoms with Crippen LogP contribution in [0.15, 0.2) is 115 Å². The van der Waals surface area contributed by atoms with Crippen molar-refractivity contribution in [1.82, 2.24) is 4.98 Å². The lowest BCUT2D eigenvalue weighted by Crippen LogP contribution is -2.30. The van der Waals surface area contributed by atoms with Crippen LogP contribution in [-0.4, -0.2) is 29.1 Å². The molecular weight excluding hydrogens is 802 g/mol. The van der Waals surface area contributed by atoms with E-state index in [1.807, 2.05) is 37.4 Å². The highest BCUT2D eigenvalue weighted by atomic mass is 127. The number of nitrogens with zero attached hydrogens (tertiary/aromatic N) is 1. The van der Waals surface area contributed by atoms with E-state index >= 15 is 0 Å². The quantitative estimate of drug-likeness (QED) is 0.0537. The number of benzene rings is 4. The molecule has 3 unspecified atom stereocenters. The highest BCUT2D eigenvalue weighted by Crippen LogP contribution is 2.44. The number of pyridine rings is 1. The van der Waals surface area contributed by atoms with Gasteiger partial charge in [0.2, 0.25) is 0 Å². The molecule has 0 bridgehead atoms. The van der Waals surface area contributed by atoms with Crippen LogP contribution in [-0.2, 0) is 21.6 Å². The molecule has 2 N–H and O–H groups in total. The van der Waals surface area contributed by atoms with Crippen LogP contribution in [0.2, 0.25) is 0 Å². The maximum atomic E-state index is 13.6. The summed E-state index contributed by atoms with van der Waals surface area (Å²) < 4.78 is 31.6. The third-order valence-electron chi connectivity index (χ3n) is 11.3. The van der Waals surface area contributed by atoms with Crippen molar-refractivity contribution in [3.63, 3.8) is 0 Å². The van der Waals surface area contributed by atoms with Crippen molar-refractivity contribution in [2.45, 2.75) is 92.8 Å². The number of alkyl halides is 1. The minimum absolute atomic E-state index is 0.0466. The van der Waals surface area contributed by atoms with Crippen LogP contribution in [0.3, 0.4) is 0 Å². The summed E-state index contributed by atoms with van der Waals surface area (Å²) in [5.74, 6) is 0.806. The zero-order valence-corrected chi connectivity index (χ0v) is 34.3. The molecule has 0 saturated carbocycles. The number of nitrogens with two attached hydrogens (primary N) is 1. The molecule has 0 aliphatic heterocycles. The van der Waals surface area contributed by atoms with Crippen LogP contribution >= 0.6 is 22.6 Å². The van der Waals surface area contributed by atoms with Crippen molar-refractivity contribution in [2.24, 2.45) is 5.73 Å². The highest BCUT2D eigenvalue weighted by Gasteiger charge is 2.35. The highest BCUT2D eigenvalue weighted by molar-refractivity contribution is 14.1. The number of methoxy groups -OCH3 is 2. The van der Waals surface area contributed by atoms with Gasteiger partial charge in [0.1, 0.15) is 15.7 Å². The van der Waals surface area contributed by atoms with E-state index in [9.17, 15) is 9.18 Å². The van der Waals surface area contributed by atoms with Gasteiger partial charge >= 0.3 is 0 Å². The number of carbonyl (C=O) groups excluding carboxylic acids is 1. The second-order valence-corrected chi connectivity index (χ2v) is 15.8. The van der Waals surface area contributed by atoms with E-state index in [2.05, 4.69) is 77.2 Å². The largest absolute Gasteiger partial charge is 0.493 e. The molecule has 0 fully saturated rings. The van der Waals surface area contributed by atoms with Crippen molar-refractivity contribution >= 4 is 39.1 Å². The van der Waals surface area contributed by atoms with Gasteiger partial charge in [-0.05, 0) is 126 Å². The Morgan fingerprint density at radius 1 is 0.909 bits per heavy atom. The average Bonchev–Trinajstić information content (AvgIpc) is 3.24. The van der Waals surface area contributed by atoms with Crippen molar-refractivity contribution < 1.29 is 23.4 Å². The summed E-state index contributed by atoms with van der Waals surface area (Å²) >= 11 is 2.41. The van der Waals surface area contributed by atoms with Gasteiger partial charge < -0.3 is 19.9 Å². The smallest absolute Gasteiger partial charge is 0.161 e. The zero-order chi connectivity index (χ0) is 38.8. The average molecular weight is 855 g/mol. The van der Waals surface area contributed by atoms with Crippen molar-refractivity contribution in [3.05, 3.63) is 149 Å². The first-order valence-electron chi connectivity index (χ1n) is 19.4. The summed E-state index contributed by atoms with van der Waals surface area (Å²) in [6, 6.07) is 31.0. The molecule has 1 aliphatic rings. The molecule has 0 amide bonds. The van der Waals surface area contributed by atoms with E-state index in [0.29, 0.717) is 37.4 Å². The number of ketones is 1. The van der Waals surface area contributed by atoms with Crippen LogP contribution in [0.1, 0.15) is 105 Å². The van der Waals surface area contributed by atoms with Crippen molar-refractivity contribution in [1.29, 1.82) is 0 Å². The number of Topliss-reactive ketones (excluding diaryl/α,β-unsaturated/α-hetero) is 1. The number of rotatable bonds is 18. The lowest BCUT2D eigenvalue weighted by Gasteiger charge is -2.37. The number of hydrogen-bond donors (Lipinski definition) is 1. The number of halogens is 2. The second kappa shape index (κ2) is 19.2. The third kappa shape index (κ3) is 9.65. The normalized spacial score (nSPS) is 14.9. The number of ether oxygens (including phenoxy) is 3. The number of hydrogen-bond acceptors (Lipinski definition) is 6. The number of fused-ring (bicyclic) bond motifs is 1. The Balaban J connectivity index is 1.32. The van der Waals surface area contributed by atoms with Gasteiger partial charge in [-0.25, -0.2) is 4.39 Å². The molecule has 55 heavy (non-hydrogen) atoms. The van der Waals surface area contributed by atoms with Crippen molar-refractivity contribution in [2.75, 3.05) is 14.2 Å². The molecule has 8 heteroatoms. The van der Waals surface area contributed by atoms with Crippen molar-refractivity contribution in [3.8, 4) is 11.5 Å². The molecule has 1 aliphatic carbocycles. The van der Waals surface area contributed by atoms with E-state index in [1.165, 1.54) is 41.7 Å². The molecule has 0 spiro atoms. The molecule has 0 saturated heterocycles. The Bertz CT molecular complexity index is 2020. The molecule has 4 aromatic carbocycles. The van der Waals surface area contributed by atoms with E-state index in [4.69, 9.17) is 24.9 Å². The van der Waals surface area contributed by atoms with Gasteiger partial charge in [-0.1, -0.05) is 85.8 Å². The van der Waals surface area contributed by atoms with Crippen LogP contribution in [0.25, 0.3) is 10.8 Å². The van der Waals surface area contributed by atoms with E-state index in [0.717, 1.165) is 53.3 Å². The van der Waals surface area contributed by atoms with E-state index < -0.39 is 11.5 Å². The van der Waals surface area contributed by atoms with Gasteiger partial charge in [-0.2, -0.15) is 0 Å². The van der Waals surface area contributed by atoms with Crippen LogP contribution in [0.5, 0.6) is 11.5 Å². The topological polar surface area (TPSA) is 83.7 Å². The Morgan fingerprint density at radius 3 is 2.18 bits per heavy atom. The first-order chi connectivity index (χ1) is 26.7. The second-order valence-electron chi connectivity index (χ2n) is 14.6. The first-order valence-corrected chi connectivity index (χ1v) is 20.6. The van der Waals surface area contributed by atoms with Gasteiger partial charge in [-0.3, -0.25) is 9.78 Å². The fourth-order valence-corrected chi connectivity index (χ4v) is 8.81. The minimum atomic E-state index is -0.412. The first kappa shape index (κ1) is 40.5. The Hall–Kier alpha value is -4.12. The van der Waals surface area contributed by atoms with Crippen LogP contribution in [0, 0.1) is 5.82 Å². The monoisotopic (exact) mass is 854 g/mol. The molecule has 6 rings (SSSR count). The summed E-state index contributed by atoms with van der Waals surface area (Å²) in [4.78, 5) is 18.6. The number of carbonyl (C=O) groups is 1. The predicted octanol–water partition coefficient (Wildman–Crippen LogP) is 11.5. The maximum Gasteiger partial charge on any atom is 0.161 e. The zero-order valence-electron chi connectivity index (χ0n) is 32.1. The molecule has 3 atom stereocenters. The van der Waals surface area contributed by atoms with Gasteiger partial charge in [0.25, 0.3) is 0 Å². The lowest BCUT2D eigenvalue weighted by molar-refractivity contribution is -0.120. The van der Waals surface area contributed by atoms with Gasteiger partial charge in [0, 0.05) is 40.9 Å². The Kier molecular flexibility index (Phi) is 14.1. The molecular formula is C47H52FIN2O4. The Labute approximate surface area is 338 Å². The fourth-order valence-electron chi connectivity index (χ4n) is 8.06. The molecule has 1 aromatic heterocycles. The van der Waals surface area contributed by atoms with Gasteiger partial charge in [0.05, 0.1) is 26.5 Å². The fraction of sp³-hybridized carbons (Fsp3) is 0.362. The summed E-state index contributed by atoms with van der Waals surface area (Å²) in [6.07, 6.45) is 12.0. The number of aromatic nitrogens is 1. The molecule has 5 aromatic rings. The SMILES string of the molecule is COc1cc2cnc(C(N)CCC(CCCC(=O)C(C)c3ccc(F)cc3)(c3ccccc3)c3ccccc3)c(COC(I)C3=CCCCC3)c2cc1OC. The number of allylic oxidation sites excluding steroid dienone is 1. The van der Waals surface area contributed by atoms with E-state index in [-0.39, 0.29) is 21.6 Å². The molecule has 288 valence electrons. The third-order valence-corrected chi connectivity index (χ3v) is 12.4. The lowest BCUT2D eigenvalue weighted by atomic mass is 9.67. The molecule has 0 radical (unpaired) electrons. The molecule has 6 nitrogen and oxygen atoms in total. The van der Waals surface area contributed by atoms with Crippen LogP contribution in [0.4, 0.5) is 4.39 Å². The standard InChI is InChI=1S/C47H52FIN2O4/c1-32(33-21-23-38(48)24-22-33)42(52)20-13-26-47(36-16-9-5-10-17-36,37-18-11-6-12-19-37)27-25-41(50)45-40(31-55-46(49)34-14-7-4-8-15-34)39-29-44(54-3)43(53-2)28-35(39)30-51-45/h5-6,9-12,14,16-19,21-24,28-30,32,41,46H,4,7-8,13,15,20,25-27,31,50H2,1-3H3. The minimum Gasteiger partial charge on any atom is -0.493 e. The summed E-state index contributed by atoms with van der Waals surface area (Å²) in [5, 5.41) is 1.90. The summed E-state index contributed by atoms with van der Waals surface area (Å²) in [7, 11) is 3.28. The summed E-state index contributed by atoms with van der Waals surface area (Å²) in [5.41, 5.74) is 13.1.